The molecule has 1 unspecified atom stereocenters. The molecule has 108 valence electrons. The minimum atomic E-state index is 0.591. The van der Waals surface area contributed by atoms with Gasteiger partial charge >= 0.3 is 0 Å². The molecular formula is C16H28N2O. The Kier molecular flexibility index (Phi) is 6.89. The minimum Gasteiger partial charge on any atom is -0.494 e. The van der Waals surface area contributed by atoms with Crippen LogP contribution in [0, 0.1) is 12.8 Å². The Bertz CT molecular complexity index is 375. The summed E-state index contributed by atoms with van der Waals surface area (Å²) in [5.74, 6) is 1.58. The van der Waals surface area contributed by atoms with Gasteiger partial charge in [-0.3, -0.25) is 0 Å². The zero-order valence-corrected chi connectivity index (χ0v) is 12.8. The van der Waals surface area contributed by atoms with Crippen LogP contribution in [-0.4, -0.2) is 31.6 Å². The van der Waals surface area contributed by atoms with Gasteiger partial charge < -0.3 is 15.4 Å². The highest BCUT2D eigenvalue weighted by atomic mass is 16.5. The Morgan fingerprint density at radius 2 is 2.05 bits per heavy atom. The van der Waals surface area contributed by atoms with E-state index in [1.165, 1.54) is 11.1 Å². The molecule has 19 heavy (non-hydrogen) atoms. The van der Waals surface area contributed by atoms with E-state index in [0.29, 0.717) is 5.92 Å². The van der Waals surface area contributed by atoms with Crippen molar-refractivity contribution >= 4 is 0 Å². The normalized spacial score (nSPS) is 12.7. The smallest absolute Gasteiger partial charge is 0.122 e. The van der Waals surface area contributed by atoms with Crippen LogP contribution < -0.4 is 10.5 Å². The first-order valence-corrected chi connectivity index (χ1v) is 7.21. The van der Waals surface area contributed by atoms with Crippen molar-refractivity contribution in [2.45, 2.75) is 33.7 Å². The third-order valence-electron chi connectivity index (χ3n) is 3.47. The maximum atomic E-state index is 5.76. The molecule has 1 aromatic rings. The molecule has 2 N–H and O–H groups in total. The molecular weight excluding hydrogens is 236 g/mol. The number of ether oxygens (including phenoxy) is 1. The van der Waals surface area contributed by atoms with Crippen molar-refractivity contribution in [2.75, 3.05) is 26.7 Å². The fourth-order valence-electron chi connectivity index (χ4n) is 2.31. The summed E-state index contributed by atoms with van der Waals surface area (Å²) in [5, 5.41) is 0. The van der Waals surface area contributed by atoms with Gasteiger partial charge in [-0.05, 0) is 50.6 Å². The SMILES string of the molecule is CCOc1ccc(CN(C)CC(CC)CN)cc1C. The summed E-state index contributed by atoms with van der Waals surface area (Å²) in [6.45, 7) is 9.81. The number of hydrogen-bond donors (Lipinski definition) is 1. The molecule has 0 bridgehead atoms. The molecule has 0 aromatic heterocycles. The lowest BCUT2D eigenvalue weighted by molar-refractivity contribution is 0.267. The molecule has 0 heterocycles. The summed E-state index contributed by atoms with van der Waals surface area (Å²) in [7, 11) is 2.16. The van der Waals surface area contributed by atoms with Crippen molar-refractivity contribution in [3.8, 4) is 5.75 Å². The van der Waals surface area contributed by atoms with E-state index < -0.39 is 0 Å². The quantitative estimate of drug-likeness (QED) is 0.784. The molecule has 0 saturated heterocycles. The van der Waals surface area contributed by atoms with Gasteiger partial charge in [0.15, 0.2) is 0 Å². The Morgan fingerprint density at radius 1 is 1.32 bits per heavy atom. The number of aryl methyl sites for hydroxylation is 1. The first-order chi connectivity index (χ1) is 9.10. The molecule has 0 spiro atoms. The van der Waals surface area contributed by atoms with Crippen LogP contribution in [0.1, 0.15) is 31.4 Å². The molecule has 1 rings (SSSR count). The molecule has 0 aliphatic carbocycles. The second-order valence-corrected chi connectivity index (χ2v) is 5.24. The number of nitrogens with zero attached hydrogens (tertiary/aromatic N) is 1. The summed E-state index contributed by atoms with van der Waals surface area (Å²) in [6, 6.07) is 6.44. The van der Waals surface area contributed by atoms with Gasteiger partial charge in [0.1, 0.15) is 5.75 Å². The second-order valence-electron chi connectivity index (χ2n) is 5.24. The highest BCUT2D eigenvalue weighted by Gasteiger charge is 2.09. The van der Waals surface area contributed by atoms with Gasteiger partial charge in [-0.2, -0.15) is 0 Å². The van der Waals surface area contributed by atoms with Crippen molar-refractivity contribution in [3.63, 3.8) is 0 Å². The Balaban J connectivity index is 2.59. The Labute approximate surface area is 117 Å². The highest BCUT2D eigenvalue weighted by Crippen LogP contribution is 2.20. The zero-order chi connectivity index (χ0) is 14.3. The topological polar surface area (TPSA) is 38.5 Å². The monoisotopic (exact) mass is 264 g/mol. The fraction of sp³-hybridized carbons (Fsp3) is 0.625. The second kappa shape index (κ2) is 8.18. The predicted molar refractivity (Wildman–Crippen MR) is 81.5 cm³/mol. The van der Waals surface area contributed by atoms with Crippen molar-refractivity contribution in [3.05, 3.63) is 29.3 Å². The van der Waals surface area contributed by atoms with E-state index in [9.17, 15) is 0 Å². The van der Waals surface area contributed by atoms with E-state index in [0.717, 1.165) is 38.4 Å². The summed E-state index contributed by atoms with van der Waals surface area (Å²) in [6.07, 6.45) is 1.14. The standard InChI is InChI=1S/C16H28N2O/c1-5-14(10-17)11-18(4)12-15-7-8-16(19-6-2)13(3)9-15/h7-9,14H,5-6,10-12,17H2,1-4H3. The maximum absolute atomic E-state index is 5.76. The van der Waals surface area contributed by atoms with E-state index in [1.807, 2.05) is 6.92 Å². The van der Waals surface area contributed by atoms with E-state index in [1.54, 1.807) is 0 Å². The van der Waals surface area contributed by atoms with E-state index in [-0.39, 0.29) is 0 Å². The van der Waals surface area contributed by atoms with Gasteiger partial charge in [0.2, 0.25) is 0 Å². The molecule has 0 amide bonds. The number of benzene rings is 1. The van der Waals surface area contributed by atoms with Gasteiger partial charge in [-0.1, -0.05) is 25.5 Å². The number of nitrogens with two attached hydrogens (primary N) is 1. The fourth-order valence-corrected chi connectivity index (χ4v) is 2.31. The average Bonchev–Trinajstić information content (AvgIpc) is 2.39. The van der Waals surface area contributed by atoms with Gasteiger partial charge in [0.05, 0.1) is 6.61 Å². The van der Waals surface area contributed by atoms with Crippen LogP contribution in [-0.2, 0) is 6.54 Å². The van der Waals surface area contributed by atoms with Crippen LogP contribution in [0.2, 0.25) is 0 Å². The molecule has 1 atom stereocenters. The van der Waals surface area contributed by atoms with Crippen LogP contribution >= 0.6 is 0 Å². The largest absolute Gasteiger partial charge is 0.494 e. The van der Waals surface area contributed by atoms with Crippen molar-refractivity contribution in [1.29, 1.82) is 0 Å². The lowest BCUT2D eigenvalue weighted by Crippen LogP contribution is -2.29. The highest BCUT2D eigenvalue weighted by molar-refractivity contribution is 5.36. The predicted octanol–water partition coefficient (Wildman–Crippen LogP) is 2.81. The van der Waals surface area contributed by atoms with E-state index in [2.05, 4.69) is 44.0 Å². The summed E-state index contributed by atoms with van der Waals surface area (Å²) < 4.78 is 5.57. The third-order valence-corrected chi connectivity index (χ3v) is 3.47. The Hall–Kier alpha value is -1.06. The molecule has 3 nitrogen and oxygen atoms in total. The van der Waals surface area contributed by atoms with Gasteiger partial charge in [-0.15, -0.1) is 0 Å². The molecule has 0 radical (unpaired) electrons. The van der Waals surface area contributed by atoms with Gasteiger partial charge in [0, 0.05) is 13.1 Å². The van der Waals surface area contributed by atoms with Crippen molar-refractivity contribution in [2.24, 2.45) is 11.7 Å². The summed E-state index contributed by atoms with van der Waals surface area (Å²) in [5.41, 5.74) is 8.30. The van der Waals surface area contributed by atoms with Crippen LogP contribution in [0.5, 0.6) is 5.75 Å². The van der Waals surface area contributed by atoms with E-state index in [4.69, 9.17) is 10.5 Å². The van der Waals surface area contributed by atoms with Crippen LogP contribution in [0.4, 0.5) is 0 Å². The lowest BCUT2D eigenvalue weighted by Gasteiger charge is -2.22. The van der Waals surface area contributed by atoms with Crippen LogP contribution in [0.15, 0.2) is 18.2 Å². The summed E-state index contributed by atoms with van der Waals surface area (Å²) in [4.78, 5) is 2.34. The first kappa shape index (κ1) is 16.0. The van der Waals surface area contributed by atoms with Gasteiger partial charge in [-0.25, -0.2) is 0 Å². The Morgan fingerprint density at radius 3 is 2.58 bits per heavy atom. The zero-order valence-electron chi connectivity index (χ0n) is 12.8. The first-order valence-electron chi connectivity index (χ1n) is 7.21. The maximum Gasteiger partial charge on any atom is 0.122 e. The minimum absolute atomic E-state index is 0.591. The van der Waals surface area contributed by atoms with Gasteiger partial charge in [0.25, 0.3) is 0 Å². The third kappa shape index (κ3) is 5.21. The lowest BCUT2D eigenvalue weighted by atomic mass is 10.1. The molecule has 0 aliphatic heterocycles. The molecule has 0 saturated carbocycles. The van der Waals surface area contributed by atoms with E-state index >= 15 is 0 Å². The van der Waals surface area contributed by atoms with Crippen molar-refractivity contribution < 1.29 is 4.74 Å². The summed E-state index contributed by atoms with van der Waals surface area (Å²) >= 11 is 0. The average molecular weight is 264 g/mol. The van der Waals surface area contributed by atoms with Crippen LogP contribution in [0.25, 0.3) is 0 Å². The van der Waals surface area contributed by atoms with Crippen LogP contribution in [0.3, 0.4) is 0 Å². The molecule has 0 aliphatic rings. The molecule has 3 heteroatoms. The molecule has 1 aromatic carbocycles. The number of rotatable bonds is 8. The number of hydrogen-bond acceptors (Lipinski definition) is 3. The molecule has 0 fully saturated rings. The van der Waals surface area contributed by atoms with Crippen molar-refractivity contribution in [1.82, 2.24) is 4.90 Å².